The number of esters is 1. The molecule has 130 valence electrons. The van der Waals surface area contributed by atoms with E-state index < -0.39 is 18.5 Å². The van der Waals surface area contributed by atoms with E-state index in [-0.39, 0.29) is 0 Å². The Morgan fingerprint density at radius 1 is 1.12 bits per heavy atom. The number of carbonyl (C=O) groups is 2. The van der Waals surface area contributed by atoms with Gasteiger partial charge in [-0.2, -0.15) is 0 Å². The molecule has 0 saturated heterocycles. The van der Waals surface area contributed by atoms with Crippen LogP contribution in [0.25, 0.3) is 6.08 Å². The Hall–Kier alpha value is -2.50. The highest BCUT2D eigenvalue weighted by molar-refractivity contribution is 6.35. The molecule has 0 heterocycles. The summed E-state index contributed by atoms with van der Waals surface area (Å²) in [4.78, 5) is 23.5. The summed E-state index contributed by atoms with van der Waals surface area (Å²) in [6.45, 7) is -0.431. The minimum atomic E-state index is -0.648. The molecule has 1 amide bonds. The first-order valence-corrected chi connectivity index (χ1v) is 7.97. The highest BCUT2D eigenvalue weighted by Gasteiger charge is 2.07. The number of carbonyl (C=O) groups excluding carboxylic acids is 2. The lowest BCUT2D eigenvalue weighted by Crippen LogP contribution is -2.20. The number of methoxy groups -OCH3 is 1. The predicted octanol–water partition coefficient (Wildman–Crippen LogP) is 4.20. The quantitative estimate of drug-likeness (QED) is 0.603. The Bertz CT molecular complexity index is 785. The topological polar surface area (TPSA) is 64.6 Å². The van der Waals surface area contributed by atoms with Crippen LogP contribution in [0.1, 0.15) is 5.56 Å². The smallest absolute Gasteiger partial charge is 0.331 e. The monoisotopic (exact) mass is 379 g/mol. The van der Waals surface area contributed by atoms with E-state index in [0.717, 1.165) is 5.56 Å². The van der Waals surface area contributed by atoms with Crippen LogP contribution in [-0.2, 0) is 14.3 Å². The van der Waals surface area contributed by atoms with Gasteiger partial charge < -0.3 is 14.8 Å². The number of nitrogens with one attached hydrogen (secondary N) is 1. The Balaban J connectivity index is 1.86. The number of hydrogen-bond donors (Lipinski definition) is 1. The first kappa shape index (κ1) is 18.8. The first-order chi connectivity index (χ1) is 12.0. The molecule has 0 aliphatic carbocycles. The Kier molecular flexibility index (Phi) is 6.86. The third-order valence-electron chi connectivity index (χ3n) is 3.03. The first-order valence-electron chi connectivity index (χ1n) is 7.22. The van der Waals surface area contributed by atoms with Gasteiger partial charge in [0.1, 0.15) is 5.75 Å². The molecule has 0 radical (unpaired) electrons. The molecule has 0 bridgehead atoms. The van der Waals surface area contributed by atoms with Gasteiger partial charge in [0.25, 0.3) is 5.91 Å². The largest absolute Gasteiger partial charge is 0.496 e. The van der Waals surface area contributed by atoms with E-state index in [1.165, 1.54) is 25.3 Å². The van der Waals surface area contributed by atoms with Crippen LogP contribution in [0.15, 0.2) is 48.5 Å². The van der Waals surface area contributed by atoms with Gasteiger partial charge in [0.2, 0.25) is 0 Å². The molecule has 0 aliphatic rings. The van der Waals surface area contributed by atoms with Crippen LogP contribution >= 0.6 is 23.2 Å². The van der Waals surface area contributed by atoms with Gasteiger partial charge in [-0.15, -0.1) is 0 Å². The summed E-state index contributed by atoms with van der Waals surface area (Å²) in [7, 11) is 1.54. The van der Waals surface area contributed by atoms with Gasteiger partial charge in [-0.25, -0.2) is 4.79 Å². The fraction of sp³-hybridized carbons (Fsp3) is 0.111. The molecule has 0 atom stereocenters. The lowest BCUT2D eigenvalue weighted by atomic mass is 10.2. The maximum atomic E-state index is 11.8. The third-order valence-corrected chi connectivity index (χ3v) is 3.47. The van der Waals surface area contributed by atoms with E-state index in [9.17, 15) is 9.59 Å². The van der Waals surface area contributed by atoms with Crippen molar-refractivity contribution >= 4 is 46.8 Å². The number of halogens is 2. The molecule has 2 aromatic carbocycles. The summed E-state index contributed by atoms with van der Waals surface area (Å²) < 4.78 is 10.1. The van der Waals surface area contributed by atoms with Crippen molar-refractivity contribution in [2.24, 2.45) is 0 Å². The molecule has 0 saturated carbocycles. The van der Waals surface area contributed by atoms with E-state index in [2.05, 4.69) is 5.32 Å². The van der Waals surface area contributed by atoms with Crippen LogP contribution in [0.2, 0.25) is 10.0 Å². The average molecular weight is 380 g/mol. The van der Waals surface area contributed by atoms with Gasteiger partial charge in [0, 0.05) is 27.4 Å². The van der Waals surface area contributed by atoms with Crippen molar-refractivity contribution in [2.75, 3.05) is 19.0 Å². The summed E-state index contributed by atoms with van der Waals surface area (Å²) in [6, 6.07) is 11.8. The third kappa shape index (κ3) is 6.14. The van der Waals surface area contributed by atoms with Crippen molar-refractivity contribution < 1.29 is 19.1 Å². The molecule has 0 unspecified atom stereocenters. The van der Waals surface area contributed by atoms with Crippen molar-refractivity contribution in [1.29, 1.82) is 0 Å². The highest BCUT2D eigenvalue weighted by atomic mass is 35.5. The molecule has 7 heteroatoms. The number of para-hydroxylation sites is 1. The molecule has 0 aliphatic heterocycles. The molecule has 5 nitrogen and oxygen atoms in total. The number of anilines is 1. The van der Waals surface area contributed by atoms with Gasteiger partial charge in [-0.05, 0) is 30.3 Å². The summed E-state index contributed by atoms with van der Waals surface area (Å²) in [6.07, 6.45) is 2.78. The van der Waals surface area contributed by atoms with Crippen molar-refractivity contribution in [3.63, 3.8) is 0 Å². The lowest BCUT2D eigenvalue weighted by Gasteiger charge is -2.06. The fourth-order valence-corrected chi connectivity index (χ4v) is 2.50. The maximum absolute atomic E-state index is 11.8. The van der Waals surface area contributed by atoms with Crippen LogP contribution in [0, 0.1) is 0 Å². The molecule has 25 heavy (non-hydrogen) atoms. The number of amides is 1. The van der Waals surface area contributed by atoms with Crippen LogP contribution in [0.3, 0.4) is 0 Å². The van der Waals surface area contributed by atoms with Crippen LogP contribution in [0.5, 0.6) is 5.75 Å². The average Bonchev–Trinajstić information content (AvgIpc) is 2.57. The summed E-state index contributed by atoms with van der Waals surface area (Å²) in [5.41, 5.74) is 1.14. The Labute approximate surface area is 155 Å². The summed E-state index contributed by atoms with van der Waals surface area (Å²) in [5, 5.41) is 3.32. The Morgan fingerprint density at radius 2 is 1.80 bits per heavy atom. The highest BCUT2D eigenvalue weighted by Crippen LogP contribution is 2.22. The molecule has 2 aromatic rings. The molecule has 0 aromatic heterocycles. The van der Waals surface area contributed by atoms with Gasteiger partial charge in [-0.1, -0.05) is 41.4 Å². The Morgan fingerprint density at radius 3 is 2.48 bits per heavy atom. The van der Waals surface area contributed by atoms with Crippen molar-refractivity contribution in [1.82, 2.24) is 0 Å². The number of hydrogen-bond acceptors (Lipinski definition) is 4. The zero-order valence-corrected chi connectivity index (χ0v) is 14.8. The van der Waals surface area contributed by atoms with Crippen molar-refractivity contribution in [2.45, 2.75) is 0 Å². The minimum Gasteiger partial charge on any atom is -0.496 e. The molecule has 0 fully saturated rings. The normalized spacial score (nSPS) is 10.5. The number of rotatable bonds is 6. The van der Waals surface area contributed by atoms with E-state index in [0.29, 0.717) is 21.5 Å². The second-order valence-corrected chi connectivity index (χ2v) is 5.76. The maximum Gasteiger partial charge on any atom is 0.331 e. The van der Waals surface area contributed by atoms with Crippen LogP contribution in [-0.4, -0.2) is 25.6 Å². The minimum absolute atomic E-state index is 0.388. The predicted molar refractivity (Wildman–Crippen MR) is 98.1 cm³/mol. The van der Waals surface area contributed by atoms with Gasteiger partial charge in [-0.3, -0.25) is 4.79 Å². The number of ether oxygens (including phenoxy) is 2. The summed E-state index contributed by atoms with van der Waals surface area (Å²) in [5.74, 6) is -0.523. The fourth-order valence-electron chi connectivity index (χ4n) is 1.97. The second kappa shape index (κ2) is 9.11. The summed E-state index contributed by atoms with van der Waals surface area (Å²) >= 11 is 11.7. The van der Waals surface area contributed by atoms with E-state index in [1.807, 2.05) is 12.1 Å². The molecular formula is C18H15Cl2NO4. The van der Waals surface area contributed by atoms with E-state index in [4.69, 9.17) is 32.7 Å². The van der Waals surface area contributed by atoms with Gasteiger partial charge in [0.15, 0.2) is 6.61 Å². The van der Waals surface area contributed by atoms with E-state index >= 15 is 0 Å². The second-order valence-electron chi connectivity index (χ2n) is 4.89. The van der Waals surface area contributed by atoms with Crippen molar-refractivity contribution in [3.8, 4) is 5.75 Å². The standard InChI is InChI=1S/C18H15Cl2NO4/c1-24-16-5-3-2-4-12(16)6-7-18(23)25-11-17(22)21-15-9-13(19)8-14(20)10-15/h2-10H,11H2,1H3,(H,21,22). The van der Waals surface area contributed by atoms with Gasteiger partial charge in [0.05, 0.1) is 7.11 Å². The van der Waals surface area contributed by atoms with Gasteiger partial charge >= 0.3 is 5.97 Å². The zero-order chi connectivity index (χ0) is 18.2. The van der Waals surface area contributed by atoms with Crippen molar-refractivity contribution in [3.05, 3.63) is 64.1 Å². The molecule has 1 N–H and O–H groups in total. The van der Waals surface area contributed by atoms with Crippen LogP contribution in [0.4, 0.5) is 5.69 Å². The lowest BCUT2D eigenvalue weighted by molar-refractivity contribution is -0.142. The SMILES string of the molecule is COc1ccccc1C=CC(=O)OCC(=O)Nc1cc(Cl)cc(Cl)c1. The number of benzene rings is 2. The zero-order valence-electron chi connectivity index (χ0n) is 13.3. The van der Waals surface area contributed by atoms with Crippen LogP contribution < -0.4 is 10.1 Å². The molecule has 2 rings (SSSR count). The van der Waals surface area contributed by atoms with E-state index in [1.54, 1.807) is 24.3 Å². The molecular weight excluding hydrogens is 365 g/mol. The molecule has 0 spiro atoms.